The van der Waals surface area contributed by atoms with E-state index in [0.29, 0.717) is 17.9 Å². The van der Waals surface area contributed by atoms with Gasteiger partial charge in [-0.1, -0.05) is 12.1 Å². The lowest BCUT2D eigenvalue weighted by atomic mass is 10.1. The number of nitrogens with zero attached hydrogens (tertiary/aromatic N) is 5. The first-order valence-electron chi connectivity index (χ1n) is 10.8. The Hall–Kier alpha value is -3.76. The summed E-state index contributed by atoms with van der Waals surface area (Å²) >= 11 is 0. The largest absolute Gasteiger partial charge is 0.379 e. The second-order valence-electron chi connectivity index (χ2n) is 7.65. The number of rotatable bonds is 5. The number of carbonyl (C=O) groups is 1. The molecule has 1 N–H and O–H groups in total. The van der Waals surface area contributed by atoms with Crippen LogP contribution >= 0.6 is 0 Å². The zero-order chi connectivity index (χ0) is 23.9. The van der Waals surface area contributed by atoms with E-state index in [-0.39, 0.29) is 11.3 Å². The zero-order valence-corrected chi connectivity index (χ0v) is 18.6. The van der Waals surface area contributed by atoms with Gasteiger partial charge in [0.25, 0.3) is 0 Å². The van der Waals surface area contributed by atoms with Crippen LogP contribution in [0, 0.1) is 18.6 Å². The average Bonchev–Trinajstić information content (AvgIpc) is 3.21. The molecule has 4 aromatic rings. The summed E-state index contributed by atoms with van der Waals surface area (Å²) in [4.78, 5) is 21.0. The van der Waals surface area contributed by atoms with Gasteiger partial charge in [-0.3, -0.25) is 9.69 Å². The number of morpholine rings is 1. The minimum atomic E-state index is -0.625. The molecule has 0 saturated carbocycles. The van der Waals surface area contributed by atoms with E-state index >= 15 is 0 Å². The van der Waals surface area contributed by atoms with Crippen LogP contribution in [-0.2, 0) is 16.1 Å². The number of anilines is 1. The van der Waals surface area contributed by atoms with Gasteiger partial charge in [-0.05, 0) is 43.3 Å². The van der Waals surface area contributed by atoms with Crippen molar-refractivity contribution >= 4 is 17.9 Å². The Kier molecular flexibility index (Phi) is 7.51. The van der Waals surface area contributed by atoms with Gasteiger partial charge in [0, 0.05) is 19.6 Å². The molecule has 8 nitrogen and oxygen atoms in total. The van der Waals surface area contributed by atoms with E-state index in [4.69, 9.17) is 4.74 Å². The summed E-state index contributed by atoms with van der Waals surface area (Å²) in [5, 5.41) is 6.75. The van der Waals surface area contributed by atoms with E-state index in [1.54, 1.807) is 28.9 Å². The molecule has 10 heteroatoms. The first-order chi connectivity index (χ1) is 16.5. The number of imidazole rings is 1. The normalized spacial score (nSPS) is 13.9. The highest BCUT2D eigenvalue weighted by Crippen LogP contribution is 2.24. The topological polar surface area (TPSA) is 84.7 Å². The summed E-state index contributed by atoms with van der Waals surface area (Å²) in [6.45, 7) is 6.07. The van der Waals surface area contributed by atoms with E-state index in [0.717, 1.165) is 44.2 Å². The van der Waals surface area contributed by atoms with Gasteiger partial charge in [0.15, 0.2) is 5.65 Å². The molecule has 4 heterocycles. The molecule has 0 spiro atoms. The first-order valence-corrected chi connectivity index (χ1v) is 10.8. The molecular weight excluding hydrogens is 442 g/mol. The van der Waals surface area contributed by atoms with Crippen LogP contribution in [0.3, 0.4) is 0 Å². The van der Waals surface area contributed by atoms with Crippen LogP contribution < -0.4 is 5.32 Å². The van der Waals surface area contributed by atoms with E-state index < -0.39 is 11.6 Å². The fraction of sp³-hybridized carbons (Fsp3) is 0.250. The molecule has 1 fully saturated rings. The molecule has 1 aliphatic heterocycles. The fourth-order valence-corrected chi connectivity index (χ4v) is 3.56. The molecule has 1 amide bonds. The third-order valence-electron chi connectivity index (χ3n) is 5.25. The molecule has 0 atom stereocenters. The molecule has 1 aliphatic rings. The van der Waals surface area contributed by atoms with Crippen molar-refractivity contribution in [3.63, 3.8) is 0 Å². The number of hydrogen-bond donors (Lipinski definition) is 1. The van der Waals surface area contributed by atoms with Crippen molar-refractivity contribution in [3.8, 4) is 11.3 Å². The minimum Gasteiger partial charge on any atom is -0.379 e. The number of fused-ring (bicyclic) bond motifs is 1. The highest BCUT2D eigenvalue weighted by Gasteiger charge is 2.14. The monoisotopic (exact) mass is 466 g/mol. The van der Waals surface area contributed by atoms with Gasteiger partial charge in [0.1, 0.15) is 17.5 Å². The highest BCUT2D eigenvalue weighted by atomic mass is 19.1. The Morgan fingerprint density at radius 1 is 1.06 bits per heavy atom. The maximum atomic E-state index is 13.7. The number of ether oxygens (including phenoxy) is 1. The maximum absolute atomic E-state index is 13.7. The molecule has 0 bridgehead atoms. The summed E-state index contributed by atoms with van der Waals surface area (Å²) < 4.78 is 34.2. The number of carbonyl (C=O) groups excluding carboxylic acids is 1. The Balaban J connectivity index is 0.000000162. The van der Waals surface area contributed by atoms with Gasteiger partial charge in [0.05, 0.1) is 42.1 Å². The molecular formula is C24H24F2N6O2. The summed E-state index contributed by atoms with van der Waals surface area (Å²) in [5.74, 6) is -0.653. The van der Waals surface area contributed by atoms with Crippen LogP contribution in [0.1, 0.15) is 11.4 Å². The quantitative estimate of drug-likeness (QED) is 0.454. The van der Waals surface area contributed by atoms with Crippen LogP contribution in [0.4, 0.5) is 14.6 Å². The molecule has 1 saturated heterocycles. The summed E-state index contributed by atoms with van der Waals surface area (Å²) in [6.07, 6.45) is 2.30. The van der Waals surface area contributed by atoms with Crippen LogP contribution in [0.5, 0.6) is 0 Å². The number of aromatic nitrogens is 4. The van der Waals surface area contributed by atoms with Gasteiger partial charge < -0.3 is 10.1 Å². The van der Waals surface area contributed by atoms with Crippen molar-refractivity contribution in [2.75, 3.05) is 31.6 Å². The molecule has 0 aliphatic carbocycles. The smallest absolute Gasteiger partial charge is 0.212 e. The van der Waals surface area contributed by atoms with Gasteiger partial charge in [-0.2, -0.15) is 5.10 Å². The summed E-state index contributed by atoms with van der Waals surface area (Å²) in [5.41, 5.74) is 2.55. The SMILES string of the molecule is Cc1cnc2ccc(-c3c(F)cccc3F)nn12.O=CNc1cccc(CN2CCOCC2)n1. The summed E-state index contributed by atoms with van der Waals surface area (Å²) in [7, 11) is 0. The Morgan fingerprint density at radius 3 is 2.53 bits per heavy atom. The standard InChI is InChI=1S/C13H9F2N3.C11H15N3O2/c1-8-7-16-12-6-5-11(17-18(8)12)13-9(14)3-2-4-10(13)15;15-9-12-11-3-1-2-10(13-11)8-14-4-6-16-7-5-14/h2-7H,1H3;1-3,9H,4-8H2,(H,12,13,15). The lowest BCUT2D eigenvalue weighted by molar-refractivity contribution is -0.105. The van der Waals surface area contributed by atoms with Crippen LogP contribution in [-0.4, -0.2) is 57.2 Å². The first kappa shape index (κ1) is 23.4. The lowest BCUT2D eigenvalue weighted by Gasteiger charge is -2.26. The van der Waals surface area contributed by atoms with Crippen molar-refractivity contribution in [2.24, 2.45) is 0 Å². The van der Waals surface area contributed by atoms with Gasteiger partial charge in [0.2, 0.25) is 6.41 Å². The number of halogens is 2. The van der Waals surface area contributed by atoms with E-state index in [1.807, 2.05) is 19.1 Å². The zero-order valence-electron chi connectivity index (χ0n) is 18.6. The van der Waals surface area contributed by atoms with E-state index in [9.17, 15) is 13.6 Å². The number of pyridine rings is 1. The number of amides is 1. The number of benzene rings is 1. The lowest BCUT2D eigenvalue weighted by Crippen LogP contribution is -2.35. The van der Waals surface area contributed by atoms with Gasteiger partial charge in [-0.15, -0.1) is 0 Å². The molecule has 0 radical (unpaired) electrons. The molecule has 176 valence electrons. The van der Waals surface area contributed by atoms with Crippen LogP contribution in [0.15, 0.2) is 54.7 Å². The molecule has 5 rings (SSSR count). The van der Waals surface area contributed by atoms with Crippen molar-refractivity contribution in [1.82, 2.24) is 24.5 Å². The Bertz CT molecular complexity index is 1250. The number of aryl methyl sites for hydroxylation is 1. The third kappa shape index (κ3) is 5.59. The molecule has 0 unspecified atom stereocenters. The predicted molar refractivity (Wildman–Crippen MR) is 123 cm³/mol. The predicted octanol–water partition coefficient (Wildman–Crippen LogP) is 3.47. The molecule has 34 heavy (non-hydrogen) atoms. The fourth-order valence-electron chi connectivity index (χ4n) is 3.56. The van der Waals surface area contributed by atoms with Crippen LogP contribution in [0.25, 0.3) is 16.9 Å². The molecule has 1 aromatic carbocycles. The van der Waals surface area contributed by atoms with Crippen molar-refractivity contribution in [3.05, 3.63) is 77.8 Å². The van der Waals surface area contributed by atoms with Crippen molar-refractivity contribution in [1.29, 1.82) is 0 Å². The second-order valence-corrected chi connectivity index (χ2v) is 7.65. The Morgan fingerprint density at radius 2 is 1.79 bits per heavy atom. The van der Waals surface area contributed by atoms with Crippen LogP contribution in [0.2, 0.25) is 0 Å². The number of hydrogen-bond acceptors (Lipinski definition) is 6. The van der Waals surface area contributed by atoms with Gasteiger partial charge in [-0.25, -0.2) is 23.3 Å². The van der Waals surface area contributed by atoms with Crippen molar-refractivity contribution < 1.29 is 18.3 Å². The van der Waals surface area contributed by atoms with Crippen molar-refractivity contribution in [2.45, 2.75) is 13.5 Å². The number of nitrogens with one attached hydrogen (secondary N) is 1. The highest BCUT2D eigenvalue weighted by molar-refractivity contribution is 5.68. The molecule has 3 aromatic heterocycles. The van der Waals surface area contributed by atoms with E-state index in [1.165, 1.54) is 18.2 Å². The van der Waals surface area contributed by atoms with E-state index in [2.05, 4.69) is 25.3 Å². The minimum absolute atomic E-state index is 0.118. The third-order valence-corrected chi connectivity index (χ3v) is 5.25. The Labute approximate surface area is 195 Å². The summed E-state index contributed by atoms with van der Waals surface area (Å²) in [6, 6.07) is 12.6. The average molecular weight is 466 g/mol. The van der Waals surface area contributed by atoms with Gasteiger partial charge >= 0.3 is 0 Å². The second kappa shape index (κ2) is 10.9. The maximum Gasteiger partial charge on any atom is 0.212 e.